The number of hydrogen-bond acceptors (Lipinski definition) is 6. The van der Waals surface area contributed by atoms with Gasteiger partial charge in [0.15, 0.2) is 0 Å². The van der Waals surface area contributed by atoms with Crippen molar-refractivity contribution in [2.45, 2.75) is 51.1 Å². The smallest absolute Gasteiger partial charge is 0.236 e. The van der Waals surface area contributed by atoms with Crippen LogP contribution in [-0.4, -0.2) is 56.4 Å². The lowest BCUT2D eigenvalue weighted by atomic mass is 9.54. The zero-order valence-corrected chi connectivity index (χ0v) is 19.1. The van der Waals surface area contributed by atoms with Gasteiger partial charge in [-0.15, -0.1) is 0 Å². The molecule has 1 aromatic rings. The minimum absolute atomic E-state index is 0.0414. The number of carbonyl (C=O) groups excluding carboxylic acids is 1. The van der Waals surface area contributed by atoms with Crippen LogP contribution in [0.1, 0.15) is 44.1 Å². The molecule has 0 unspecified atom stereocenters. The molecule has 1 amide bonds. The van der Waals surface area contributed by atoms with E-state index in [-0.39, 0.29) is 18.5 Å². The van der Waals surface area contributed by atoms with E-state index in [2.05, 4.69) is 5.32 Å². The third-order valence-electron chi connectivity index (χ3n) is 7.88. The average molecular weight is 450 g/mol. The highest BCUT2D eigenvalue weighted by molar-refractivity contribution is 8.20. The van der Waals surface area contributed by atoms with Crippen LogP contribution in [0.25, 0.3) is 0 Å². The van der Waals surface area contributed by atoms with Gasteiger partial charge in [-0.05, 0) is 79.9 Å². The van der Waals surface area contributed by atoms with Crippen LogP contribution in [0, 0.1) is 23.7 Å². The summed E-state index contributed by atoms with van der Waals surface area (Å²) in [5.41, 5.74) is 0.958. The Morgan fingerprint density at radius 2 is 1.77 bits per heavy atom. The molecule has 5 aliphatic rings. The van der Waals surface area contributed by atoms with Gasteiger partial charge in [-0.1, -0.05) is 23.1 Å². The van der Waals surface area contributed by atoms with E-state index in [4.69, 9.17) is 4.74 Å². The molecule has 1 saturated heterocycles. The number of methoxy groups -OCH3 is 1. The van der Waals surface area contributed by atoms with Gasteiger partial charge in [0, 0.05) is 25.7 Å². The molecule has 0 spiro atoms. The van der Waals surface area contributed by atoms with Crippen molar-refractivity contribution in [1.29, 1.82) is 0 Å². The van der Waals surface area contributed by atoms with Crippen LogP contribution in [-0.2, 0) is 11.3 Å². The number of rotatable bonds is 6. The van der Waals surface area contributed by atoms with Crippen molar-refractivity contribution in [2.75, 3.05) is 26.7 Å². The first-order valence-corrected chi connectivity index (χ1v) is 13.1. The predicted molar refractivity (Wildman–Crippen MR) is 121 cm³/mol. The highest BCUT2D eigenvalue weighted by atomic mass is 32.3. The first-order chi connectivity index (χ1) is 14.9. The summed E-state index contributed by atoms with van der Waals surface area (Å²) < 4.78 is 30.6. The molecule has 1 aromatic carbocycles. The summed E-state index contributed by atoms with van der Waals surface area (Å²) in [5.74, 6) is 3.65. The second kappa shape index (κ2) is 8.56. The number of benzene rings is 1. The third-order valence-corrected chi connectivity index (χ3v) is 9.88. The number of carbonyl (C=O) groups is 1. The summed E-state index contributed by atoms with van der Waals surface area (Å²) in [4.78, 5) is 12.9. The van der Waals surface area contributed by atoms with Gasteiger partial charge in [0.05, 0.1) is 13.7 Å². The van der Waals surface area contributed by atoms with Crippen molar-refractivity contribution >= 4 is 16.9 Å². The second-order valence-corrected chi connectivity index (χ2v) is 12.0. The number of nitrogens with one attached hydrogen (secondary N) is 1. The van der Waals surface area contributed by atoms with E-state index in [1.807, 2.05) is 24.3 Å². The normalized spacial score (nSPS) is 35.6. The van der Waals surface area contributed by atoms with Gasteiger partial charge in [0.2, 0.25) is 5.91 Å². The molecule has 1 aliphatic heterocycles. The first-order valence-electron chi connectivity index (χ1n) is 11.6. The SMILES string of the molecule is COc1cccc(CN2CCCN(CC(=O)NC3C4CC5CC(C4)CC3C5)S2(O)O)c1. The van der Waals surface area contributed by atoms with Gasteiger partial charge in [-0.25, -0.2) is 0 Å². The number of hydrogen-bond donors (Lipinski definition) is 3. The molecule has 1 heterocycles. The standard InChI is InChI=1S/C23H35N3O4S/c1-30-21-5-2-4-16(13-21)14-25-6-3-7-26(31(25,28)29)15-22(27)24-23-19-9-17-8-18(11-19)12-20(23)10-17/h2,4-5,13,17-20,23,28-29H,3,6-12,14-15H2,1H3,(H,24,27). The maximum atomic E-state index is 12.9. The lowest BCUT2D eigenvalue weighted by Gasteiger charge is -2.55. The van der Waals surface area contributed by atoms with Crippen molar-refractivity contribution in [3.05, 3.63) is 29.8 Å². The molecule has 31 heavy (non-hydrogen) atoms. The first kappa shape index (κ1) is 21.5. The summed E-state index contributed by atoms with van der Waals surface area (Å²) in [7, 11) is -1.55. The van der Waals surface area contributed by atoms with Crippen molar-refractivity contribution in [3.63, 3.8) is 0 Å². The maximum absolute atomic E-state index is 12.9. The van der Waals surface area contributed by atoms with E-state index in [1.165, 1.54) is 32.1 Å². The van der Waals surface area contributed by atoms with Crippen molar-refractivity contribution in [1.82, 2.24) is 13.9 Å². The minimum Gasteiger partial charge on any atom is -0.497 e. The Labute approximate surface area is 186 Å². The van der Waals surface area contributed by atoms with Crippen LogP contribution >= 0.6 is 11.0 Å². The van der Waals surface area contributed by atoms with Gasteiger partial charge >= 0.3 is 0 Å². The third kappa shape index (κ3) is 4.33. The molecule has 172 valence electrons. The monoisotopic (exact) mass is 449 g/mol. The highest BCUT2D eigenvalue weighted by Gasteiger charge is 2.48. The lowest BCUT2D eigenvalue weighted by molar-refractivity contribution is -0.125. The molecular formula is C23H35N3O4S. The molecule has 4 aliphatic carbocycles. The summed E-state index contributed by atoms with van der Waals surface area (Å²) in [6, 6.07) is 7.92. The fraction of sp³-hybridized carbons (Fsp3) is 0.696. The predicted octanol–water partition coefficient (Wildman–Crippen LogP) is 3.72. The zero-order chi connectivity index (χ0) is 21.6. The molecule has 0 radical (unpaired) electrons. The number of ether oxygens (including phenoxy) is 1. The van der Waals surface area contributed by atoms with Gasteiger partial charge in [0.1, 0.15) is 5.75 Å². The van der Waals surface area contributed by atoms with E-state index in [0.717, 1.165) is 29.6 Å². The maximum Gasteiger partial charge on any atom is 0.236 e. The molecule has 4 saturated carbocycles. The summed E-state index contributed by atoms with van der Waals surface area (Å²) in [6.07, 6.45) is 7.21. The van der Waals surface area contributed by atoms with Crippen LogP contribution < -0.4 is 10.1 Å². The van der Waals surface area contributed by atoms with Gasteiger partial charge < -0.3 is 10.1 Å². The Bertz CT molecular complexity index is 792. The van der Waals surface area contributed by atoms with Gasteiger partial charge in [-0.3, -0.25) is 13.9 Å². The van der Waals surface area contributed by atoms with Crippen LogP contribution in [0.5, 0.6) is 5.75 Å². The molecule has 8 heteroatoms. The average Bonchev–Trinajstić information content (AvgIpc) is 2.73. The van der Waals surface area contributed by atoms with E-state index in [9.17, 15) is 13.9 Å². The fourth-order valence-corrected chi connectivity index (χ4v) is 8.38. The number of nitrogens with zero attached hydrogens (tertiary/aromatic N) is 2. The zero-order valence-electron chi connectivity index (χ0n) is 18.3. The summed E-state index contributed by atoms with van der Waals surface area (Å²) in [5, 5.41) is 3.30. The van der Waals surface area contributed by atoms with Crippen molar-refractivity contribution in [2.24, 2.45) is 23.7 Å². The molecule has 3 N–H and O–H groups in total. The second-order valence-electron chi connectivity index (χ2n) is 9.95. The van der Waals surface area contributed by atoms with Crippen molar-refractivity contribution < 1.29 is 18.6 Å². The van der Waals surface area contributed by atoms with E-state index < -0.39 is 11.0 Å². The Morgan fingerprint density at radius 1 is 1.10 bits per heavy atom. The summed E-state index contributed by atoms with van der Waals surface area (Å²) in [6.45, 7) is 1.56. The Morgan fingerprint density at radius 3 is 2.45 bits per heavy atom. The Hall–Kier alpha value is -1.32. The van der Waals surface area contributed by atoms with Crippen LogP contribution in [0.15, 0.2) is 24.3 Å². The quantitative estimate of drug-likeness (QED) is 0.614. The van der Waals surface area contributed by atoms with Crippen LogP contribution in [0.3, 0.4) is 0 Å². The molecule has 4 bridgehead atoms. The molecule has 6 rings (SSSR count). The Balaban J connectivity index is 1.21. The van der Waals surface area contributed by atoms with E-state index in [0.29, 0.717) is 31.5 Å². The summed E-state index contributed by atoms with van der Waals surface area (Å²) >= 11 is 0. The molecule has 0 atom stereocenters. The van der Waals surface area contributed by atoms with Gasteiger partial charge in [0.25, 0.3) is 0 Å². The number of amides is 1. The molecule has 5 fully saturated rings. The fourth-order valence-electron chi connectivity index (χ4n) is 6.69. The topological polar surface area (TPSA) is 85.3 Å². The Kier molecular flexibility index (Phi) is 5.94. The minimum atomic E-state index is -3.17. The highest BCUT2D eigenvalue weighted by Crippen LogP contribution is 2.54. The van der Waals surface area contributed by atoms with E-state index >= 15 is 0 Å². The van der Waals surface area contributed by atoms with E-state index in [1.54, 1.807) is 15.7 Å². The largest absolute Gasteiger partial charge is 0.497 e. The van der Waals surface area contributed by atoms with Crippen LogP contribution in [0.4, 0.5) is 0 Å². The molecule has 7 nitrogen and oxygen atoms in total. The molecular weight excluding hydrogens is 414 g/mol. The lowest BCUT2D eigenvalue weighted by Crippen LogP contribution is -2.57. The van der Waals surface area contributed by atoms with Crippen molar-refractivity contribution in [3.8, 4) is 5.75 Å². The van der Waals surface area contributed by atoms with Crippen LogP contribution in [0.2, 0.25) is 0 Å². The van der Waals surface area contributed by atoms with Gasteiger partial charge in [-0.2, -0.15) is 8.61 Å². The molecule has 0 aromatic heterocycles.